The van der Waals surface area contributed by atoms with Gasteiger partial charge in [-0.05, 0) is 12.5 Å². The Morgan fingerprint density at radius 3 is 3.00 bits per heavy atom. The number of carbonyl (C=O) groups excluding carboxylic acids is 1. The quantitative estimate of drug-likeness (QED) is 0.562. The minimum absolute atomic E-state index is 0.311. The van der Waals surface area contributed by atoms with Crippen molar-refractivity contribution < 1.29 is 14.6 Å². The molecule has 56 valence electrons. The fraction of sp³-hybridized carbons (Fsp3) is 0.571. The molecule has 1 rings (SSSR count). The largest absolute Gasteiger partial charge is 0.458 e. The molecule has 0 fully saturated rings. The van der Waals surface area contributed by atoms with Crippen molar-refractivity contribution in [2.45, 2.75) is 19.4 Å². The van der Waals surface area contributed by atoms with Crippen LogP contribution in [0, 0.1) is 0 Å². The van der Waals surface area contributed by atoms with E-state index in [2.05, 4.69) is 4.74 Å². The number of hydrogen-bond donors (Lipinski definition) is 1. The summed E-state index contributed by atoms with van der Waals surface area (Å²) in [6, 6.07) is 0. The molecule has 0 aromatic heterocycles. The predicted molar refractivity (Wildman–Crippen MR) is 35.3 cm³/mol. The maximum atomic E-state index is 10.7. The zero-order valence-corrected chi connectivity index (χ0v) is 5.83. The summed E-state index contributed by atoms with van der Waals surface area (Å²) in [5.41, 5.74) is 0.405. The van der Waals surface area contributed by atoms with E-state index >= 15 is 0 Å². The summed E-state index contributed by atoms with van der Waals surface area (Å²) in [4.78, 5) is 10.7. The van der Waals surface area contributed by atoms with E-state index in [1.165, 1.54) is 0 Å². The van der Waals surface area contributed by atoms with Gasteiger partial charge in [0.2, 0.25) is 0 Å². The molecule has 1 aliphatic rings. The maximum absolute atomic E-state index is 10.7. The number of carbonyl (C=O) groups is 1. The highest BCUT2D eigenvalue weighted by Gasteiger charge is 2.22. The topological polar surface area (TPSA) is 46.5 Å². The molecule has 1 unspecified atom stereocenters. The number of ether oxygens (including phenoxy) is 1. The molecule has 1 N–H and O–H groups in total. The SMILES string of the molecule is CCC(O)C1=CCOC1=O. The van der Waals surface area contributed by atoms with Crippen molar-refractivity contribution in [2.75, 3.05) is 6.61 Å². The van der Waals surface area contributed by atoms with Gasteiger partial charge >= 0.3 is 5.97 Å². The molecule has 0 bridgehead atoms. The highest BCUT2D eigenvalue weighted by Crippen LogP contribution is 2.13. The van der Waals surface area contributed by atoms with Crippen molar-refractivity contribution in [3.8, 4) is 0 Å². The predicted octanol–water partition coefficient (Wildman–Crippen LogP) is 0.240. The van der Waals surface area contributed by atoms with Gasteiger partial charge in [-0.25, -0.2) is 4.79 Å². The normalized spacial score (nSPS) is 20.2. The van der Waals surface area contributed by atoms with Crippen LogP contribution in [-0.4, -0.2) is 23.8 Å². The Kier molecular flexibility index (Phi) is 2.06. The van der Waals surface area contributed by atoms with E-state index in [1.807, 2.05) is 6.92 Å². The van der Waals surface area contributed by atoms with Gasteiger partial charge in [0.1, 0.15) is 6.61 Å². The molecule has 0 amide bonds. The fourth-order valence-electron chi connectivity index (χ4n) is 0.866. The van der Waals surface area contributed by atoms with Crippen molar-refractivity contribution in [3.63, 3.8) is 0 Å². The first-order chi connectivity index (χ1) is 4.75. The van der Waals surface area contributed by atoms with Gasteiger partial charge in [-0.15, -0.1) is 0 Å². The van der Waals surface area contributed by atoms with Crippen LogP contribution in [0.25, 0.3) is 0 Å². The zero-order chi connectivity index (χ0) is 7.56. The van der Waals surface area contributed by atoms with E-state index in [9.17, 15) is 4.79 Å². The summed E-state index contributed by atoms with van der Waals surface area (Å²) in [5.74, 6) is -0.380. The van der Waals surface area contributed by atoms with Crippen molar-refractivity contribution in [2.24, 2.45) is 0 Å². The summed E-state index contributed by atoms with van der Waals surface area (Å²) in [6.07, 6.45) is 1.53. The summed E-state index contributed by atoms with van der Waals surface area (Å²) < 4.78 is 4.60. The third-order valence-corrected chi connectivity index (χ3v) is 1.50. The smallest absolute Gasteiger partial charge is 0.336 e. The lowest BCUT2D eigenvalue weighted by molar-refractivity contribution is -0.136. The number of aliphatic hydroxyl groups is 1. The molecule has 10 heavy (non-hydrogen) atoms. The van der Waals surface area contributed by atoms with Gasteiger partial charge in [-0.3, -0.25) is 0 Å². The molecule has 3 nitrogen and oxygen atoms in total. The molecule has 3 heteroatoms. The second-order valence-corrected chi connectivity index (χ2v) is 2.18. The zero-order valence-electron chi connectivity index (χ0n) is 5.83. The van der Waals surface area contributed by atoms with Crippen LogP contribution in [0.2, 0.25) is 0 Å². The van der Waals surface area contributed by atoms with Gasteiger partial charge in [-0.1, -0.05) is 6.92 Å². The molecule has 0 aromatic carbocycles. The molecule has 0 aromatic rings. The van der Waals surface area contributed by atoms with Crippen LogP contribution < -0.4 is 0 Å². The van der Waals surface area contributed by atoms with Crippen LogP contribution in [-0.2, 0) is 9.53 Å². The number of hydrogen-bond acceptors (Lipinski definition) is 3. The lowest BCUT2D eigenvalue weighted by atomic mass is 10.1. The van der Waals surface area contributed by atoms with E-state index in [0.717, 1.165) is 0 Å². The van der Waals surface area contributed by atoms with E-state index in [4.69, 9.17) is 5.11 Å². The molecule has 0 spiro atoms. The first-order valence-electron chi connectivity index (χ1n) is 3.31. The van der Waals surface area contributed by atoms with Gasteiger partial charge in [-0.2, -0.15) is 0 Å². The monoisotopic (exact) mass is 142 g/mol. The van der Waals surface area contributed by atoms with Crippen molar-refractivity contribution >= 4 is 5.97 Å². The maximum Gasteiger partial charge on any atom is 0.336 e. The summed E-state index contributed by atoms with van der Waals surface area (Å²) in [6.45, 7) is 2.13. The third-order valence-electron chi connectivity index (χ3n) is 1.50. The van der Waals surface area contributed by atoms with Gasteiger partial charge < -0.3 is 9.84 Å². The molecule has 1 aliphatic heterocycles. The van der Waals surface area contributed by atoms with Crippen LogP contribution in [0.3, 0.4) is 0 Å². The highest BCUT2D eigenvalue weighted by atomic mass is 16.5. The van der Waals surface area contributed by atoms with Gasteiger partial charge in [0, 0.05) is 0 Å². The first-order valence-corrected chi connectivity index (χ1v) is 3.31. The van der Waals surface area contributed by atoms with Crippen LogP contribution in [0.5, 0.6) is 0 Å². The summed E-state index contributed by atoms with van der Waals surface area (Å²) in [5, 5.41) is 9.16. The molecule has 0 aliphatic carbocycles. The summed E-state index contributed by atoms with van der Waals surface area (Å²) >= 11 is 0. The second-order valence-electron chi connectivity index (χ2n) is 2.18. The number of cyclic esters (lactones) is 1. The van der Waals surface area contributed by atoms with Crippen molar-refractivity contribution in [3.05, 3.63) is 11.6 Å². The van der Waals surface area contributed by atoms with E-state index < -0.39 is 6.10 Å². The second kappa shape index (κ2) is 2.84. The number of esters is 1. The minimum atomic E-state index is -0.644. The van der Waals surface area contributed by atoms with Crippen LogP contribution >= 0.6 is 0 Å². The van der Waals surface area contributed by atoms with Crippen molar-refractivity contribution in [1.29, 1.82) is 0 Å². The Morgan fingerprint density at radius 1 is 1.90 bits per heavy atom. The van der Waals surface area contributed by atoms with Gasteiger partial charge in [0.15, 0.2) is 0 Å². The lowest BCUT2D eigenvalue weighted by Crippen LogP contribution is -2.14. The average molecular weight is 142 g/mol. The van der Waals surface area contributed by atoms with E-state index in [0.29, 0.717) is 18.6 Å². The molecule has 0 radical (unpaired) electrons. The molecule has 1 atom stereocenters. The van der Waals surface area contributed by atoms with Crippen LogP contribution in [0.4, 0.5) is 0 Å². The number of aliphatic hydroxyl groups excluding tert-OH is 1. The molecule has 0 saturated carbocycles. The lowest BCUT2D eigenvalue weighted by Gasteiger charge is -2.04. The Bertz CT molecular complexity index is 172. The fourth-order valence-corrected chi connectivity index (χ4v) is 0.866. The Hall–Kier alpha value is -0.830. The van der Waals surface area contributed by atoms with E-state index in [-0.39, 0.29) is 5.97 Å². The molecule has 1 heterocycles. The average Bonchev–Trinajstić information content (AvgIpc) is 2.34. The Labute approximate surface area is 59.3 Å². The number of rotatable bonds is 2. The first kappa shape index (κ1) is 7.28. The summed E-state index contributed by atoms with van der Waals surface area (Å²) in [7, 11) is 0. The Balaban J connectivity index is 2.62. The molecular formula is C7H10O3. The Morgan fingerprint density at radius 2 is 2.60 bits per heavy atom. The van der Waals surface area contributed by atoms with Crippen LogP contribution in [0.1, 0.15) is 13.3 Å². The van der Waals surface area contributed by atoms with E-state index in [1.54, 1.807) is 6.08 Å². The highest BCUT2D eigenvalue weighted by molar-refractivity contribution is 5.91. The van der Waals surface area contributed by atoms with Gasteiger partial charge in [0.05, 0.1) is 11.7 Å². The minimum Gasteiger partial charge on any atom is -0.458 e. The standard InChI is InChI=1S/C7H10O3/c1-2-6(8)5-3-4-10-7(5)9/h3,6,8H,2,4H2,1H3. The molecule has 0 saturated heterocycles. The molecular weight excluding hydrogens is 132 g/mol. The third kappa shape index (κ3) is 1.19. The van der Waals surface area contributed by atoms with Gasteiger partial charge in [0.25, 0.3) is 0 Å². The van der Waals surface area contributed by atoms with Crippen molar-refractivity contribution in [1.82, 2.24) is 0 Å². The van der Waals surface area contributed by atoms with Crippen LogP contribution in [0.15, 0.2) is 11.6 Å².